The third-order valence-corrected chi connectivity index (χ3v) is 2.29. The molecule has 2 nitrogen and oxygen atoms in total. The number of fused-ring (bicyclic) bond motifs is 1. The summed E-state index contributed by atoms with van der Waals surface area (Å²) in [6.45, 7) is 0. The summed E-state index contributed by atoms with van der Waals surface area (Å²) in [6.07, 6.45) is 0. The van der Waals surface area contributed by atoms with Gasteiger partial charge in [-0.25, -0.2) is 0 Å². The zero-order valence-electron chi connectivity index (χ0n) is 7.33. The van der Waals surface area contributed by atoms with Crippen LogP contribution in [0.25, 0.3) is 10.8 Å². The number of hydrogen-bond donors (Lipinski definition) is 1. The number of anilines is 1. The van der Waals surface area contributed by atoms with Gasteiger partial charge in [-0.2, -0.15) is 0 Å². The van der Waals surface area contributed by atoms with E-state index < -0.39 is 0 Å². The Morgan fingerprint density at radius 3 is 2.57 bits per heavy atom. The fraction of sp³-hybridized carbons (Fsp3) is 0. The van der Waals surface area contributed by atoms with E-state index in [9.17, 15) is 4.79 Å². The largest absolute Gasteiger partial charge is 0.317 e. The van der Waals surface area contributed by atoms with Crippen LogP contribution in [0.15, 0.2) is 42.5 Å². The van der Waals surface area contributed by atoms with E-state index in [1.165, 1.54) is 0 Å². The quantitative estimate of drug-likeness (QED) is 0.484. The third-order valence-electron chi connectivity index (χ3n) is 2.02. The average molecular weight is 297 g/mol. The van der Waals surface area contributed by atoms with E-state index in [-0.39, 0.29) is 3.91 Å². The number of carbonyl (C=O) groups is 1. The van der Waals surface area contributed by atoms with Gasteiger partial charge >= 0.3 is 0 Å². The number of halogens is 1. The van der Waals surface area contributed by atoms with Crippen molar-refractivity contribution >= 4 is 43.0 Å². The van der Waals surface area contributed by atoms with Crippen LogP contribution in [0, 0.1) is 0 Å². The molecule has 3 heteroatoms. The zero-order valence-corrected chi connectivity index (χ0v) is 9.49. The lowest BCUT2D eigenvalue weighted by Crippen LogP contribution is -2.00. The molecule has 0 unspecified atom stereocenters. The van der Waals surface area contributed by atoms with Crippen LogP contribution in [-0.2, 0) is 0 Å². The molecule has 0 aliphatic carbocycles. The Bertz CT molecular complexity index is 476. The molecule has 0 saturated carbocycles. The molecule has 0 aliphatic rings. The minimum atomic E-state index is -0.0704. The summed E-state index contributed by atoms with van der Waals surface area (Å²) in [7, 11) is 0. The molecule has 0 saturated heterocycles. The van der Waals surface area contributed by atoms with Gasteiger partial charge in [-0.05, 0) is 11.5 Å². The maximum absolute atomic E-state index is 10.9. The number of benzene rings is 2. The topological polar surface area (TPSA) is 29.1 Å². The lowest BCUT2D eigenvalue weighted by Gasteiger charge is -2.05. The first kappa shape index (κ1) is 9.45. The van der Waals surface area contributed by atoms with Crippen LogP contribution >= 0.6 is 22.6 Å². The van der Waals surface area contributed by atoms with Gasteiger partial charge in [0, 0.05) is 33.7 Å². The van der Waals surface area contributed by atoms with Crippen LogP contribution in [0.2, 0.25) is 0 Å². The molecule has 0 atom stereocenters. The molecule has 0 spiro atoms. The maximum Gasteiger partial charge on any atom is 0.285 e. The summed E-state index contributed by atoms with van der Waals surface area (Å²) in [5, 5.41) is 5.00. The molecule has 0 aliphatic heterocycles. The van der Waals surface area contributed by atoms with Gasteiger partial charge in [0.2, 0.25) is 0 Å². The summed E-state index contributed by atoms with van der Waals surface area (Å²) in [5.74, 6) is 0. The van der Waals surface area contributed by atoms with Gasteiger partial charge < -0.3 is 5.32 Å². The summed E-state index contributed by atoms with van der Waals surface area (Å²) in [4.78, 5) is 10.9. The van der Waals surface area contributed by atoms with E-state index in [1.54, 1.807) is 22.6 Å². The molecule has 0 heterocycles. The summed E-state index contributed by atoms with van der Waals surface area (Å²) in [5.41, 5.74) is 0.863. The van der Waals surface area contributed by atoms with Gasteiger partial charge in [-0.3, -0.25) is 4.79 Å². The van der Waals surface area contributed by atoms with Crippen molar-refractivity contribution in [3.8, 4) is 0 Å². The molecule has 70 valence electrons. The van der Waals surface area contributed by atoms with E-state index in [4.69, 9.17) is 0 Å². The Kier molecular flexibility index (Phi) is 2.67. The Labute approximate surface area is 95.5 Å². The SMILES string of the molecule is O=C(I)Nc1cccc2ccccc12. The van der Waals surface area contributed by atoms with E-state index in [1.807, 2.05) is 42.5 Å². The predicted octanol–water partition coefficient (Wildman–Crippen LogP) is 3.81. The molecule has 2 aromatic carbocycles. The second-order valence-corrected chi connectivity index (χ2v) is 3.91. The third kappa shape index (κ3) is 1.87. The Hall–Kier alpha value is -1.10. The Morgan fingerprint density at radius 1 is 1.07 bits per heavy atom. The van der Waals surface area contributed by atoms with Crippen LogP contribution in [0.5, 0.6) is 0 Å². The highest BCUT2D eigenvalue weighted by atomic mass is 127. The molecular formula is C11H8INO. The van der Waals surface area contributed by atoms with Crippen molar-refractivity contribution in [1.82, 2.24) is 0 Å². The second kappa shape index (κ2) is 3.96. The van der Waals surface area contributed by atoms with Crippen LogP contribution in [0.3, 0.4) is 0 Å². The summed E-state index contributed by atoms with van der Waals surface area (Å²) < 4.78 is -0.0704. The number of hydrogen-bond acceptors (Lipinski definition) is 1. The van der Waals surface area contributed by atoms with Crippen LogP contribution < -0.4 is 5.32 Å². The highest BCUT2D eigenvalue weighted by Crippen LogP contribution is 2.23. The molecule has 2 rings (SSSR count). The van der Waals surface area contributed by atoms with Gasteiger partial charge in [-0.15, -0.1) is 0 Å². The van der Waals surface area contributed by atoms with Crippen molar-refractivity contribution in [2.75, 3.05) is 5.32 Å². The minimum absolute atomic E-state index is 0.0704. The van der Waals surface area contributed by atoms with Crippen LogP contribution in [-0.4, -0.2) is 3.91 Å². The Morgan fingerprint density at radius 2 is 1.79 bits per heavy atom. The maximum atomic E-state index is 10.9. The second-order valence-electron chi connectivity index (χ2n) is 2.93. The molecule has 0 fully saturated rings. The number of carbonyl (C=O) groups excluding carboxylic acids is 1. The monoisotopic (exact) mass is 297 g/mol. The van der Waals surface area contributed by atoms with E-state index in [0.29, 0.717) is 0 Å². The number of amides is 1. The number of nitrogens with one attached hydrogen (secondary N) is 1. The summed E-state index contributed by atoms with van der Waals surface area (Å²) in [6, 6.07) is 13.8. The average Bonchev–Trinajstić information content (AvgIpc) is 2.18. The predicted molar refractivity (Wildman–Crippen MR) is 67.0 cm³/mol. The fourth-order valence-corrected chi connectivity index (χ4v) is 1.73. The lowest BCUT2D eigenvalue weighted by atomic mass is 10.1. The van der Waals surface area contributed by atoms with Crippen LogP contribution in [0.1, 0.15) is 0 Å². The van der Waals surface area contributed by atoms with Crippen molar-refractivity contribution in [2.24, 2.45) is 0 Å². The first-order valence-corrected chi connectivity index (χ1v) is 5.29. The molecular weight excluding hydrogens is 289 g/mol. The minimum Gasteiger partial charge on any atom is -0.317 e. The highest BCUT2D eigenvalue weighted by Gasteiger charge is 2.01. The standard InChI is InChI=1S/C11H8INO/c12-11(14)13-10-7-3-5-8-4-1-2-6-9(8)10/h1-7H,(H,13,14). The normalized spacial score (nSPS) is 10.1. The smallest absolute Gasteiger partial charge is 0.285 e. The molecule has 2 aromatic rings. The molecule has 0 bridgehead atoms. The van der Waals surface area contributed by atoms with Gasteiger partial charge in [0.25, 0.3) is 3.91 Å². The fourth-order valence-electron chi connectivity index (χ4n) is 1.44. The van der Waals surface area contributed by atoms with Crippen molar-refractivity contribution in [1.29, 1.82) is 0 Å². The zero-order chi connectivity index (χ0) is 9.97. The first-order chi connectivity index (χ1) is 6.77. The lowest BCUT2D eigenvalue weighted by molar-refractivity contribution is 0.272. The van der Waals surface area contributed by atoms with E-state index in [2.05, 4.69) is 5.32 Å². The van der Waals surface area contributed by atoms with Gasteiger partial charge in [0.1, 0.15) is 0 Å². The van der Waals surface area contributed by atoms with Crippen molar-refractivity contribution in [2.45, 2.75) is 0 Å². The van der Waals surface area contributed by atoms with Crippen molar-refractivity contribution in [3.05, 3.63) is 42.5 Å². The van der Waals surface area contributed by atoms with Gasteiger partial charge in [-0.1, -0.05) is 36.4 Å². The molecule has 1 amide bonds. The van der Waals surface area contributed by atoms with E-state index in [0.717, 1.165) is 16.5 Å². The van der Waals surface area contributed by atoms with Crippen molar-refractivity contribution in [3.63, 3.8) is 0 Å². The number of rotatable bonds is 1. The molecule has 1 N–H and O–H groups in total. The summed E-state index contributed by atoms with van der Waals surface area (Å²) >= 11 is 1.73. The molecule has 0 radical (unpaired) electrons. The van der Waals surface area contributed by atoms with Crippen molar-refractivity contribution < 1.29 is 4.79 Å². The molecule has 14 heavy (non-hydrogen) atoms. The van der Waals surface area contributed by atoms with E-state index >= 15 is 0 Å². The van der Waals surface area contributed by atoms with Gasteiger partial charge in [0.05, 0.1) is 0 Å². The van der Waals surface area contributed by atoms with Gasteiger partial charge in [0.15, 0.2) is 0 Å². The Balaban J connectivity index is 2.59. The first-order valence-electron chi connectivity index (χ1n) is 4.21. The molecule has 0 aromatic heterocycles. The highest BCUT2D eigenvalue weighted by molar-refractivity contribution is 14.1. The van der Waals surface area contributed by atoms with Crippen LogP contribution in [0.4, 0.5) is 10.5 Å².